The first-order valence-corrected chi connectivity index (χ1v) is 7.21. The molecule has 3 aromatic rings. The molecule has 0 aliphatic heterocycles. The molecule has 0 spiro atoms. The largest absolute Gasteiger partial charge is 0.327 e. The molecule has 0 fully saturated rings. The summed E-state index contributed by atoms with van der Waals surface area (Å²) in [6.07, 6.45) is 1.91. The highest BCUT2D eigenvalue weighted by molar-refractivity contribution is 5.91. The number of imidazole rings is 1. The van der Waals surface area contributed by atoms with E-state index in [0.717, 1.165) is 22.2 Å². The molecule has 0 aliphatic rings. The van der Waals surface area contributed by atoms with E-state index in [9.17, 15) is 5.26 Å². The lowest BCUT2D eigenvalue weighted by molar-refractivity contribution is 0.925. The summed E-state index contributed by atoms with van der Waals surface area (Å²) >= 11 is 0. The van der Waals surface area contributed by atoms with Crippen molar-refractivity contribution in [2.45, 2.75) is 13.8 Å². The number of hydrogen-bond donors (Lipinski definition) is 0. The number of fused-ring (bicyclic) bond motifs is 1. The Hall–Kier alpha value is -2.86. The van der Waals surface area contributed by atoms with E-state index in [0.29, 0.717) is 11.4 Å². The average Bonchev–Trinajstić information content (AvgIpc) is 2.84. The third kappa shape index (κ3) is 2.40. The van der Waals surface area contributed by atoms with Gasteiger partial charge in [0.15, 0.2) is 5.82 Å². The van der Waals surface area contributed by atoms with Crippen LogP contribution in [0.15, 0.2) is 42.5 Å². The average molecular weight is 287 g/mol. The van der Waals surface area contributed by atoms with Gasteiger partial charge in [-0.2, -0.15) is 5.26 Å². The molecule has 2 aromatic carbocycles. The van der Waals surface area contributed by atoms with E-state index in [1.165, 1.54) is 5.56 Å². The Morgan fingerprint density at radius 1 is 1.18 bits per heavy atom. The Balaban J connectivity index is 2.16. The molecule has 1 aromatic heterocycles. The van der Waals surface area contributed by atoms with E-state index in [1.54, 1.807) is 0 Å². The molecule has 22 heavy (non-hydrogen) atoms. The van der Waals surface area contributed by atoms with Gasteiger partial charge in [0, 0.05) is 7.05 Å². The molecule has 108 valence electrons. The number of aryl methyl sites for hydroxylation is 3. The molecule has 3 nitrogen and oxygen atoms in total. The number of aromatic nitrogens is 2. The lowest BCUT2D eigenvalue weighted by atomic mass is 10.0. The molecule has 3 heteroatoms. The van der Waals surface area contributed by atoms with Crippen molar-refractivity contribution in [2.75, 3.05) is 0 Å². The smallest absolute Gasteiger partial charge is 0.151 e. The van der Waals surface area contributed by atoms with E-state index < -0.39 is 0 Å². The van der Waals surface area contributed by atoms with Crippen LogP contribution in [0.4, 0.5) is 0 Å². The van der Waals surface area contributed by atoms with Crippen molar-refractivity contribution >= 4 is 22.7 Å². The Morgan fingerprint density at radius 3 is 2.64 bits per heavy atom. The zero-order valence-electron chi connectivity index (χ0n) is 13.0. The summed E-state index contributed by atoms with van der Waals surface area (Å²) < 4.78 is 1.97. The van der Waals surface area contributed by atoms with Crippen molar-refractivity contribution in [2.24, 2.45) is 7.05 Å². The zero-order chi connectivity index (χ0) is 15.7. The molecule has 0 radical (unpaired) electrons. The van der Waals surface area contributed by atoms with Gasteiger partial charge in [0.05, 0.1) is 16.6 Å². The Kier molecular flexibility index (Phi) is 3.52. The second kappa shape index (κ2) is 5.50. The van der Waals surface area contributed by atoms with Gasteiger partial charge in [-0.3, -0.25) is 0 Å². The molecular weight excluding hydrogens is 270 g/mol. The van der Waals surface area contributed by atoms with E-state index in [-0.39, 0.29) is 0 Å². The fourth-order valence-corrected chi connectivity index (χ4v) is 2.68. The molecule has 3 rings (SSSR count). The van der Waals surface area contributed by atoms with Crippen molar-refractivity contribution < 1.29 is 0 Å². The van der Waals surface area contributed by atoms with Crippen LogP contribution in [0.2, 0.25) is 0 Å². The number of hydrogen-bond acceptors (Lipinski definition) is 2. The van der Waals surface area contributed by atoms with Crippen molar-refractivity contribution in [3.63, 3.8) is 0 Å². The summed E-state index contributed by atoms with van der Waals surface area (Å²) in [5.41, 5.74) is 5.93. The van der Waals surface area contributed by atoms with Crippen LogP contribution in [0.3, 0.4) is 0 Å². The van der Waals surface area contributed by atoms with E-state index in [1.807, 2.05) is 48.0 Å². The van der Waals surface area contributed by atoms with Crippen LogP contribution in [0.1, 0.15) is 22.5 Å². The topological polar surface area (TPSA) is 41.6 Å². The van der Waals surface area contributed by atoms with Gasteiger partial charge in [0.25, 0.3) is 0 Å². The van der Waals surface area contributed by atoms with Gasteiger partial charge in [0.2, 0.25) is 0 Å². The van der Waals surface area contributed by atoms with Gasteiger partial charge < -0.3 is 4.57 Å². The highest BCUT2D eigenvalue weighted by Gasteiger charge is 2.12. The predicted octanol–water partition coefficient (Wildman–Crippen LogP) is 4.25. The minimum absolute atomic E-state index is 0.575. The Morgan fingerprint density at radius 2 is 1.95 bits per heavy atom. The van der Waals surface area contributed by atoms with Crippen LogP contribution in [0.5, 0.6) is 0 Å². The predicted molar refractivity (Wildman–Crippen MR) is 90.1 cm³/mol. The molecule has 0 aliphatic carbocycles. The number of allylic oxidation sites excluding steroid dienone is 1. The highest BCUT2D eigenvalue weighted by atomic mass is 15.1. The molecule has 0 saturated carbocycles. The summed E-state index contributed by atoms with van der Waals surface area (Å²) in [7, 11) is 1.94. The van der Waals surface area contributed by atoms with Crippen LogP contribution < -0.4 is 0 Å². The van der Waals surface area contributed by atoms with Crippen LogP contribution in [0.25, 0.3) is 22.7 Å². The minimum atomic E-state index is 0.575. The summed E-state index contributed by atoms with van der Waals surface area (Å²) in [6, 6.07) is 16.4. The van der Waals surface area contributed by atoms with Gasteiger partial charge in [-0.15, -0.1) is 0 Å². The summed E-state index contributed by atoms with van der Waals surface area (Å²) in [5, 5.41) is 9.56. The van der Waals surface area contributed by atoms with Crippen molar-refractivity contribution in [1.82, 2.24) is 9.55 Å². The lowest BCUT2D eigenvalue weighted by Crippen LogP contribution is -1.96. The van der Waals surface area contributed by atoms with Crippen LogP contribution in [-0.4, -0.2) is 9.55 Å². The molecule has 1 heterocycles. The van der Waals surface area contributed by atoms with Crippen LogP contribution in [0, 0.1) is 25.2 Å². The first kappa shape index (κ1) is 14.1. The SMILES string of the molecule is Cc1ccc(/C=C(/C#N)c2nc3ccccc3n2C)c(C)c1. The fraction of sp³-hybridized carbons (Fsp3) is 0.158. The molecule has 0 atom stereocenters. The van der Waals surface area contributed by atoms with Gasteiger partial charge >= 0.3 is 0 Å². The standard InChI is InChI=1S/C19H17N3/c1-13-8-9-15(14(2)10-13)11-16(12-20)19-21-17-6-4-5-7-18(17)22(19)3/h4-11H,1-3H3/b16-11-. The van der Waals surface area contributed by atoms with Crippen molar-refractivity contribution in [3.05, 3.63) is 65.0 Å². The highest BCUT2D eigenvalue weighted by Crippen LogP contribution is 2.23. The summed E-state index contributed by atoms with van der Waals surface area (Å²) in [5.74, 6) is 0.698. The monoisotopic (exact) mass is 287 g/mol. The zero-order valence-corrected chi connectivity index (χ0v) is 13.0. The normalized spacial score (nSPS) is 11.6. The lowest BCUT2D eigenvalue weighted by Gasteiger charge is -2.04. The van der Waals surface area contributed by atoms with Gasteiger partial charge in [-0.1, -0.05) is 35.9 Å². The van der Waals surface area contributed by atoms with Crippen LogP contribution in [-0.2, 0) is 7.05 Å². The first-order chi connectivity index (χ1) is 10.6. The number of benzene rings is 2. The first-order valence-electron chi connectivity index (χ1n) is 7.21. The molecule has 0 unspecified atom stereocenters. The Labute approximate surface area is 130 Å². The maximum absolute atomic E-state index is 9.56. The summed E-state index contributed by atoms with van der Waals surface area (Å²) in [6.45, 7) is 4.12. The maximum atomic E-state index is 9.56. The van der Waals surface area contributed by atoms with Gasteiger partial charge in [0.1, 0.15) is 6.07 Å². The number of rotatable bonds is 2. The maximum Gasteiger partial charge on any atom is 0.151 e. The van der Waals surface area contributed by atoms with Crippen molar-refractivity contribution in [1.29, 1.82) is 5.26 Å². The third-order valence-corrected chi connectivity index (χ3v) is 3.87. The Bertz CT molecular complexity index is 923. The fourth-order valence-electron chi connectivity index (χ4n) is 2.68. The third-order valence-electron chi connectivity index (χ3n) is 3.87. The second-order valence-electron chi connectivity index (χ2n) is 5.51. The quantitative estimate of drug-likeness (QED) is 0.661. The number of para-hydroxylation sites is 2. The number of nitriles is 1. The minimum Gasteiger partial charge on any atom is -0.327 e. The van der Waals surface area contributed by atoms with E-state index >= 15 is 0 Å². The van der Waals surface area contributed by atoms with Gasteiger partial charge in [-0.25, -0.2) is 4.98 Å². The number of nitrogens with zero attached hydrogens (tertiary/aromatic N) is 3. The molecule has 0 bridgehead atoms. The molecule has 0 amide bonds. The molecule has 0 saturated heterocycles. The summed E-state index contributed by atoms with van der Waals surface area (Å²) in [4.78, 5) is 4.60. The van der Waals surface area contributed by atoms with Gasteiger partial charge in [-0.05, 0) is 43.2 Å². The van der Waals surface area contributed by atoms with Crippen LogP contribution >= 0.6 is 0 Å². The molecular formula is C19H17N3. The van der Waals surface area contributed by atoms with Crippen molar-refractivity contribution in [3.8, 4) is 6.07 Å². The second-order valence-corrected chi connectivity index (χ2v) is 5.51. The molecule has 0 N–H and O–H groups in total. The van der Waals surface area contributed by atoms with E-state index in [4.69, 9.17) is 0 Å². The van der Waals surface area contributed by atoms with E-state index in [2.05, 4.69) is 37.0 Å².